The van der Waals surface area contributed by atoms with Crippen LogP contribution in [0.1, 0.15) is 51.0 Å². The van der Waals surface area contributed by atoms with E-state index in [2.05, 4.69) is 25.9 Å². The van der Waals surface area contributed by atoms with Gasteiger partial charge < -0.3 is 25.4 Å². The van der Waals surface area contributed by atoms with Crippen molar-refractivity contribution in [3.63, 3.8) is 0 Å². The predicted molar refractivity (Wildman–Crippen MR) is 159 cm³/mol. The van der Waals surface area contributed by atoms with Crippen LogP contribution in [0, 0.1) is 0 Å². The molecule has 2 aromatic heterocycles. The number of hydrogen-bond acceptors (Lipinski definition) is 9. The molecule has 3 amide bonds. The summed E-state index contributed by atoms with van der Waals surface area (Å²) in [5.41, 5.74) is -0.145. The highest BCUT2D eigenvalue weighted by molar-refractivity contribution is 7.73. The van der Waals surface area contributed by atoms with Gasteiger partial charge in [-0.05, 0) is 63.5 Å². The molecule has 0 fully saturated rings. The molecule has 12 nitrogen and oxygen atoms in total. The van der Waals surface area contributed by atoms with E-state index >= 15 is 0 Å². The zero-order valence-electron chi connectivity index (χ0n) is 23.6. The number of alkyl carbamates (subject to hydrolysis) is 1. The minimum Gasteiger partial charge on any atom is -0.444 e. The van der Waals surface area contributed by atoms with Gasteiger partial charge in [-0.2, -0.15) is 8.42 Å². The smallest absolute Gasteiger partial charge is 0.407 e. The third-order valence-corrected chi connectivity index (χ3v) is 6.70. The number of pyridine rings is 2. The van der Waals surface area contributed by atoms with E-state index in [-0.39, 0.29) is 40.8 Å². The molecule has 3 rings (SSSR count). The fraction of sp³-hybridized carbons (Fsp3) is 0.357. The van der Waals surface area contributed by atoms with Crippen LogP contribution >= 0.6 is 11.6 Å². The summed E-state index contributed by atoms with van der Waals surface area (Å²) in [6, 6.07) is 6.09. The van der Waals surface area contributed by atoms with Gasteiger partial charge in [0.2, 0.25) is 10.3 Å². The number of nitrogens with one attached hydrogen (secondary N) is 3. The first-order chi connectivity index (χ1) is 19.9. The van der Waals surface area contributed by atoms with Crippen molar-refractivity contribution in [3.05, 3.63) is 70.7 Å². The quantitative estimate of drug-likeness (QED) is 0.264. The van der Waals surface area contributed by atoms with Crippen molar-refractivity contribution in [2.24, 2.45) is 0 Å². The first kappa shape index (κ1) is 32.4. The molecule has 224 valence electrons. The second-order valence-corrected chi connectivity index (χ2v) is 11.3. The molecule has 42 heavy (non-hydrogen) atoms. The van der Waals surface area contributed by atoms with Crippen LogP contribution in [-0.4, -0.2) is 66.0 Å². The summed E-state index contributed by atoms with van der Waals surface area (Å²) in [5.74, 6) is -1.09. The highest BCUT2D eigenvalue weighted by Gasteiger charge is 2.32. The van der Waals surface area contributed by atoms with Crippen LogP contribution in [0.4, 0.5) is 16.3 Å². The minimum absolute atomic E-state index is 0.0149. The topological polar surface area (TPSA) is 166 Å². The van der Waals surface area contributed by atoms with Crippen molar-refractivity contribution < 1.29 is 32.3 Å². The maximum atomic E-state index is 13.5. The number of halogens is 1. The molecular formula is C28H32ClN5O7S. The van der Waals surface area contributed by atoms with Gasteiger partial charge in [-0.1, -0.05) is 30.7 Å². The van der Waals surface area contributed by atoms with E-state index in [9.17, 15) is 22.8 Å². The Kier molecular flexibility index (Phi) is 11.4. The molecule has 1 unspecified atom stereocenters. The van der Waals surface area contributed by atoms with E-state index in [1.54, 1.807) is 39.8 Å². The molecule has 0 saturated heterocycles. The number of allylic oxidation sites excluding steroid dienone is 2. The number of hydrogen-bond donors (Lipinski definition) is 3. The highest BCUT2D eigenvalue weighted by Crippen LogP contribution is 2.24. The van der Waals surface area contributed by atoms with Crippen molar-refractivity contribution in [2.45, 2.75) is 52.2 Å². The summed E-state index contributed by atoms with van der Waals surface area (Å²) < 4.78 is 35.6. The van der Waals surface area contributed by atoms with Crippen LogP contribution in [0.25, 0.3) is 0 Å². The van der Waals surface area contributed by atoms with E-state index in [1.165, 1.54) is 36.7 Å². The molecule has 3 N–H and O–H groups in total. The lowest BCUT2D eigenvalue weighted by molar-refractivity contribution is -0.113. The second kappa shape index (κ2) is 14.7. The van der Waals surface area contributed by atoms with Crippen LogP contribution in [0.2, 0.25) is 5.02 Å². The molecule has 2 aromatic rings. The number of anilines is 2. The van der Waals surface area contributed by atoms with Gasteiger partial charge in [0.05, 0.1) is 16.3 Å². The van der Waals surface area contributed by atoms with Crippen molar-refractivity contribution in [1.82, 2.24) is 15.3 Å². The Morgan fingerprint density at radius 2 is 1.81 bits per heavy atom. The van der Waals surface area contributed by atoms with Crippen LogP contribution in [0.3, 0.4) is 0 Å². The zero-order valence-corrected chi connectivity index (χ0v) is 25.1. The maximum absolute atomic E-state index is 13.5. The molecule has 0 radical (unpaired) electrons. The van der Waals surface area contributed by atoms with E-state index in [1.807, 2.05) is 0 Å². The number of ether oxygens (including phenoxy) is 2. The van der Waals surface area contributed by atoms with E-state index < -0.39 is 39.9 Å². The van der Waals surface area contributed by atoms with Gasteiger partial charge in [-0.15, -0.1) is 0 Å². The molecule has 0 aliphatic heterocycles. The number of aromatic nitrogens is 2. The summed E-state index contributed by atoms with van der Waals surface area (Å²) in [6.07, 6.45) is 4.70. The second-order valence-electron chi connectivity index (χ2n) is 9.97. The van der Waals surface area contributed by atoms with Crippen molar-refractivity contribution in [2.75, 3.05) is 23.8 Å². The molecule has 1 aliphatic carbocycles. The molecule has 0 bridgehead atoms. The minimum atomic E-state index is -2.69. The largest absolute Gasteiger partial charge is 0.444 e. The van der Waals surface area contributed by atoms with E-state index in [4.69, 9.17) is 21.1 Å². The fourth-order valence-electron chi connectivity index (χ4n) is 3.80. The Morgan fingerprint density at radius 1 is 1.05 bits per heavy atom. The van der Waals surface area contributed by atoms with Crippen LogP contribution < -0.4 is 16.0 Å². The molecular weight excluding hydrogens is 586 g/mol. The number of carbonyl (C=O) groups excluding carboxylic acids is 3. The van der Waals surface area contributed by atoms with E-state index in [0.29, 0.717) is 23.4 Å². The third kappa shape index (κ3) is 9.23. The Bertz CT molecular complexity index is 1520. The Labute approximate surface area is 250 Å². The van der Waals surface area contributed by atoms with E-state index in [0.717, 1.165) is 0 Å². The van der Waals surface area contributed by atoms with Gasteiger partial charge in [-0.25, -0.2) is 14.8 Å². The summed E-state index contributed by atoms with van der Waals surface area (Å²) in [4.78, 5) is 46.3. The molecule has 0 aromatic carbocycles. The summed E-state index contributed by atoms with van der Waals surface area (Å²) in [5, 5.41) is 8.23. The van der Waals surface area contributed by atoms with Gasteiger partial charge in [0, 0.05) is 25.5 Å². The van der Waals surface area contributed by atoms with Crippen LogP contribution in [0.5, 0.6) is 0 Å². The Morgan fingerprint density at radius 3 is 2.45 bits per heavy atom. The van der Waals surface area contributed by atoms with Gasteiger partial charge in [0.25, 0.3) is 11.8 Å². The molecule has 0 saturated carbocycles. The number of rotatable bonds is 10. The van der Waals surface area contributed by atoms with Crippen molar-refractivity contribution in [1.29, 1.82) is 0 Å². The number of nitrogens with zero attached hydrogens (tertiary/aromatic N) is 2. The molecule has 0 spiro atoms. The number of amides is 3. The monoisotopic (exact) mass is 617 g/mol. The predicted octanol–water partition coefficient (Wildman–Crippen LogP) is 3.95. The van der Waals surface area contributed by atoms with Crippen molar-refractivity contribution >= 4 is 56.2 Å². The Hall–Kier alpha value is -4.07. The lowest BCUT2D eigenvalue weighted by Gasteiger charge is -2.25. The van der Waals surface area contributed by atoms with Crippen LogP contribution in [0.15, 0.2) is 60.0 Å². The zero-order chi connectivity index (χ0) is 30.9. The molecule has 1 atom stereocenters. The lowest BCUT2D eigenvalue weighted by atomic mass is 9.93. The molecule has 2 heterocycles. The van der Waals surface area contributed by atoms with Gasteiger partial charge in [0.15, 0.2) is 5.69 Å². The first-order valence-electron chi connectivity index (χ1n) is 13.0. The summed E-state index contributed by atoms with van der Waals surface area (Å²) >= 11 is 5.85. The first-order valence-corrected chi connectivity index (χ1v) is 14.5. The summed E-state index contributed by atoms with van der Waals surface area (Å²) in [6.45, 7) is 7.25. The number of carbonyl (C=O) groups is 3. The Balaban J connectivity index is 1.76. The fourth-order valence-corrected chi connectivity index (χ4v) is 4.71. The molecule has 1 aliphatic rings. The van der Waals surface area contributed by atoms with Gasteiger partial charge in [0.1, 0.15) is 22.4 Å². The normalized spacial score (nSPS) is 14.8. The van der Waals surface area contributed by atoms with Crippen LogP contribution in [-0.2, 0) is 24.6 Å². The van der Waals surface area contributed by atoms with Crippen molar-refractivity contribution in [3.8, 4) is 0 Å². The van der Waals surface area contributed by atoms with Gasteiger partial charge >= 0.3 is 6.09 Å². The lowest BCUT2D eigenvalue weighted by Crippen LogP contribution is -2.37. The third-order valence-electron chi connectivity index (χ3n) is 5.64. The summed E-state index contributed by atoms with van der Waals surface area (Å²) in [7, 11) is -2.69. The molecule has 14 heteroatoms. The average Bonchev–Trinajstić information content (AvgIpc) is 2.92. The standard InChI is InChI=1S/C28H32ClN5O7S/c1-5-17-9-11-19(23(24(17)42(38)39)40-15-7-14-31-27(37)41-28(2,3)4)25(35)33-20-8-6-13-30-22(20)26(36)34-21-12-10-18(29)16-32-21/h6,8-13,16,23H,5,7,14-15H2,1-4H3,(H,31,37)(H,33,35)(H,32,34,36). The average molecular weight is 618 g/mol. The highest BCUT2D eigenvalue weighted by atomic mass is 35.5. The SMILES string of the molecule is CCC1=CC=C(C(=O)Nc2cccnc2C(=O)Nc2ccc(Cl)cn2)C(OCCCNC(=O)OC(C)(C)C)C1=S(=O)=O. The maximum Gasteiger partial charge on any atom is 0.407 e. The van der Waals surface area contributed by atoms with Gasteiger partial charge in [-0.3, -0.25) is 9.59 Å².